The van der Waals surface area contributed by atoms with Crippen LogP contribution in [0.25, 0.3) is 0 Å². The number of benzene rings is 2. The van der Waals surface area contributed by atoms with E-state index in [2.05, 4.69) is 19.6 Å². The second-order valence-electron chi connectivity index (χ2n) is 7.09. The van der Waals surface area contributed by atoms with E-state index in [9.17, 15) is 8.42 Å². The minimum Gasteiger partial charge on any atom is -0.457 e. The Morgan fingerprint density at radius 3 is 2.33 bits per heavy atom. The van der Waals surface area contributed by atoms with Gasteiger partial charge in [0.1, 0.15) is 23.1 Å². The van der Waals surface area contributed by atoms with E-state index < -0.39 is 10.0 Å². The van der Waals surface area contributed by atoms with Gasteiger partial charge in [-0.3, -0.25) is 0 Å². The van der Waals surface area contributed by atoms with Crippen molar-refractivity contribution in [2.24, 2.45) is 0 Å². The normalized spacial score (nSPS) is 14.5. The predicted octanol–water partition coefficient (Wildman–Crippen LogP) is 3.74. The van der Waals surface area contributed by atoms with Gasteiger partial charge in [-0.15, -0.1) is 0 Å². The molecule has 156 valence electrons. The number of aromatic nitrogens is 2. The van der Waals surface area contributed by atoms with E-state index in [0.717, 1.165) is 31.7 Å². The number of piperidine rings is 1. The maximum atomic E-state index is 12.6. The molecule has 2 aromatic carbocycles. The Bertz CT molecular complexity index is 1070. The Morgan fingerprint density at radius 2 is 1.60 bits per heavy atom. The Hall–Kier alpha value is -2.97. The third-order valence-corrected chi connectivity index (χ3v) is 6.32. The molecule has 1 N–H and O–H groups in total. The van der Waals surface area contributed by atoms with Crippen molar-refractivity contribution in [3.63, 3.8) is 0 Å². The molecule has 2 heterocycles. The van der Waals surface area contributed by atoms with Crippen LogP contribution in [0.4, 0.5) is 5.82 Å². The van der Waals surface area contributed by atoms with Gasteiger partial charge in [0.25, 0.3) is 0 Å². The summed E-state index contributed by atoms with van der Waals surface area (Å²) in [6, 6.07) is 17.5. The largest absolute Gasteiger partial charge is 0.457 e. The first-order valence-corrected chi connectivity index (χ1v) is 11.5. The average molecular weight is 425 g/mol. The van der Waals surface area contributed by atoms with Crippen molar-refractivity contribution in [2.75, 3.05) is 18.0 Å². The zero-order valence-corrected chi connectivity index (χ0v) is 17.4. The fraction of sp³-hybridized carbons (Fsp3) is 0.273. The Labute approximate surface area is 176 Å². The molecule has 1 fully saturated rings. The molecule has 30 heavy (non-hydrogen) atoms. The molecule has 0 saturated carbocycles. The van der Waals surface area contributed by atoms with E-state index in [0.29, 0.717) is 17.3 Å². The summed E-state index contributed by atoms with van der Waals surface area (Å²) < 4.78 is 33.6. The molecular weight excluding hydrogens is 400 g/mol. The zero-order chi connectivity index (χ0) is 20.8. The molecule has 3 aromatic rings. The van der Waals surface area contributed by atoms with Crippen molar-refractivity contribution in [3.8, 4) is 11.5 Å². The number of nitrogens with zero attached hydrogens (tertiary/aromatic N) is 3. The maximum absolute atomic E-state index is 12.6. The second kappa shape index (κ2) is 9.23. The molecule has 0 unspecified atom stereocenters. The van der Waals surface area contributed by atoms with Gasteiger partial charge in [0, 0.05) is 19.3 Å². The highest BCUT2D eigenvalue weighted by molar-refractivity contribution is 7.89. The number of sulfonamides is 1. The fourth-order valence-electron chi connectivity index (χ4n) is 3.33. The molecule has 1 aromatic heterocycles. The van der Waals surface area contributed by atoms with E-state index in [1.807, 2.05) is 36.4 Å². The van der Waals surface area contributed by atoms with Crippen LogP contribution >= 0.6 is 0 Å². The zero-order valence-electron chi connectivity index (χ0n) is 16.6. The lowest BCUT2D eigenvalue weighted by atomic mass is 10.1. The summed E-state index contributed by atoms with van der Waals surface area (Å²) in [6.45, 7) is 1.98. The van der Waals surface area contributed by atoms with Gasteiger partial charge in [0.05, 0.1) is 11.4 Å². The maximum Gasteiger partial charge on any atom is 0.240 e. The quantitative estimate of drug-likeness (QED) is 0.622. The van der Waals surface area contributed by atoms with Crippen molar-refractivity contribution in [1.82, 2.24) is 14.7 Å². The summed E-state index contributed by atoms with van der Waals surface area (Å²) in [4.78, 5) is 11.1. The van der Waals surface area contributed by atoms with Crippen LogP contribution < -0.4 is 14.4 Å². The highest BCUT2D eigenvalue weighted by atomic mass is 32.2. The van der Waals surface area contributed by atoms with Crippen LogP contribution in [0.5, 0.6) is 11.5 Å². The monoisotopic (exact) mass is 424 g/mol. The third-order valence-electron chi connectivity index (χ3n) is 4.90. The molecule has 4 rings (SSSR count). The van der Waals surface area contributed by atoms with Crippen LogP contribution in [-0.2, 0) is 16.6 Å². The van der Waals surface area contributed by atoms with Crippen molar-refractivity contribution >= 4 is 15.8 Å². The van der Waals surface area contributed by atoms with E-state index >= 15 is 0 Å². The van der Waals surface area contributed by atoms with E-state index in [1.54, 1.807) is 18.3 Å². The summed E-state index contributed by atoms with van der Waals surface area (Å²) >= 11 is 0. The highest BCUT2D eigenvalue weighted by Gasteiger charge is 2.16. The summed E-state index contributed by atoms with van der Waals surface area (Å²) in [5.74, 6) is 2.56. The highest BCUT2D eigenvalue weighted by Crippen LogP contribution is 2.22. The molecule has 0 aliphatic carbocycles. The molecule has 7 nitrogen and oxygen atoms in total. The van der Waals surface area contributed by atoms with Crippen LogP contribution in [0.15, 0.2) is 71.8 Å². The Morgan fingerprint density at radius 1 is 0.900 bits per heavy atom. The van der Waals surface area contributed by atoms with Crippen molar-refractivity contribution < 1.29 is 13.2 Å². The molecule has 0 bridgehead atoms. The van der Waals surface area contributed by atoms with E-state index in [1.165, 1.54) is 18.6 Å². The van der Waals surface area contributed by atoms with Gasteiger partial charge in [-0.25, -0.2) is 23.1 Å². The summed E-state index contributed by atoms with van der Waals surface area (Å²) in [7, 11) is -3.68. The molecule has 8 heteroatoms. The second-order valence-corrected chi connectivity index (χ2v) is 8.86. The molecule has 0 spiro atoms. The third kappa shape index (κ3) is 5.14. The van der Waals surface area contributed by atoms with Crippen molar-refractivity contribution in [2.45, 2.75) is 30.7 Å². The minimum atomic E-state index is -3.68. The lowest BCUT2D eigenvalue weighted by molar-refractivity contribution is 0.482. The van der Waals surface area contributed by atoms with Crippen LogP contribution in [0.1, 0.15) is 25.1 Å². The molecule has 1 aliphatic heterocycles. The topological polar surface area (TPSA) is 84.4 Å². The summed E-state index contributed by atoms with van der Waals surface area (Å²) in [5, 5.41) is 0. The number of rotatable bonds is 7. The molecular formula is C22H24N4O3S. The van der Waals surface area contributed by atoms with Gasteiger partial charge in [0.2, 0.25) is 10.0 Å². The Balaban J connectivity index is 1.39. The summed E-state index contributed by atoms with van der Waals surface area (Å²) in [6.07, 6.45) is 5.21. The average Bonchev–Trinajstić information content (AvgIpc) is 2.80. The predicted molar refractivity (Wildman–Crippen MR) is 115 cm³/mol. The van der Waals surface area contributed by atoms with Gasteiger partial charge in [-0.05, 0) is 61.7 Å². The van der Waals surface area contributed by atoms with E-state index in [-0.39, 0.29) is 11.4 Å². The first-order chi connectivity index (χ1) is 14.6. The van der Waals surface area contributed by atoms with Crippen molar-refractivity contribution in [3.05, 3.63) is 72.7 Å². The Kier molecular flexibility index (Phi) is 6.25. The first-order valence-electron chi connectivity index (χ1n) is 10.00. The van der Waals surface area contributed by atoms with E-state index in [4.69, 9.17) is 4.74 Å². The molecule has 0 atom stereocenters. The van der Waals surface area contributed by atoms with Crippen LogP contribution in [0.3, 0.4) is 0 Å². The smallest absolute Gasteiger partial charge is 0.240 e. The molecule has 1 aliphatic rings. The molecule has 1 saturated heterocycles. The minimum absolute atomic E-state index is 0.0340. The fourth-order valence-corrected chi connectivity index (χ4v) is 4.31. The number of hydrogen-bond acceptors (Lipinski definition) is 6. The molecule has 0 amide bonds. The number of hydrogen-bond donors (Lipinski definition) is 1. The van der Waals surface area contributed by atoms with Gasteiger partial charge in [-0.1, -0.05) is 18.2 Å². The van der Waals surface area contributed by atoms with Gasteiger partial charge in [0.15, 0.2) is 0 Å². The lowest BCUT2D eigenvalue weighted by Crippen LogP contribution is -2.31. The van der Waals surface area contributed by atoms with Gasteiger partial charge in [-0.2, -0.15) is 0 Å². The number of para-hydroxylation sites is 1. The van der Waals surface area contributed by atoms with Crippen LogP contribution in [0, 0.1) is 0 Å². The van der Waals surface area contributed by atoms with Crippen LogP contribution in [-0.4, -0.2) is 31.5 Å². The first kappa shape index (κ1) is 20.3. The van der Waals surface area contributed by atoms with Gasteiger partial charge < -0.3 is 9.64 Å². The molecule has 0 radical (unpaired) electrons. The SMILES string of the molecule is O=S(=O)(NCc1nccc(N2CCCCC2)n1)c1ccc(Oc2ccccc2)cc1. The lowest BCUT2D eigenvalue weighted by Gasteiger charge is -2.27. The van der Waals surface area contributed by atoms with Gasteiger partial charge >= 0.3 is 0 Å². The van der Waals surface area contributed by atoms with Crippen molar-refractivity contribution in [1.29, 1.82) is 0 Å². The summed E-state index contributed by atoms with van der Waals surface area (Å²) in [5.41, 5.74) is 0. The number of nitrogens with one attached hydrogen (secondary N) is 1. The van der Waals surface area contributed by atoms with Crippen LogP contribution in [0.2, 0.25) is 0 Å². The number of ether oxygens (including phenoxy) is 1. The number of anilines is 1. The standard InChI is InChI=1S/C22H24N4O3S/c27-30(28,20-11-9-19(10-12-20)29-18-7-3-1-4-8-18)24-17-21-23-14-13-22(25-21)26-15-5-2-6-16-26/h1,3-4,7-14,24H,2,5-6,15-17H2.